The Balaban J connectivity index is 1.95. The van der Waals surface area contributed by atoms with Crippen molar-refractivity contribution >= 4 is 0 Å². The summed E-state index contributed by atoms with van der Waals surface area (Å²) in [4.78, 5) is 0. The van der Waals surface area contributed by atoms with Crippen LogP contribution in [0.25, 0.3) is 0 Å². The predicted octanol–water partition coefficient (Wildman–Crippen LogP) is 7.05. The fourth-order valence-corrected chi connectivity index (χ4v) is 5.06. The third kappa shape index (κ3) is 3.96. The van der Waals surface area contributed by atoms with Gasteiger partial charge < -0.3 is 14.6 Å². The number of phenolic OH excluding ortho intramolecular Hbond substituents is 1. The number of phenols is 1. The van der Waals surface area contributed by atoms with Crippen LogP contribution in [-0.4, -0.2) is 18.0 Å². The topological polar surface area (TPSA) is 38.7 Å². The first kappa shape index (κ1) is 21.2. The van der Waals surface area contributed by atoms with Gasteiger partial charge in [-0.1, -0.05) is 57.6 Å². The summed E-state index contributed by atoms with van der Waals surface area (Å²) >= 11 is 0. The number of aromatic hydroxyl groups is 1. The first-order valence-electron chi connectivity index (χ1n) is 11.1. The summed E-state index contributed by atoms with van der Waals surface area (Å²) < 4.78 is 12.3. The summed E-state index contributed by atoms with van der Waals surface area (Å²) in [6, 6.07) is 4.16. The molecule has 0 aromatic heterocycles. The lowest BCUT2D eigenvalue weighted by atomic mass is 9.72. The minimum atomic E-state index is -0.558. The van der Waals surface area contributed by atoms with E-state index in [-0.39, 0.29) is 5.92 Å². The molecule has 0 radical (unpaired) electrons. The highest BCUT2D eigenvalue weighted by Gasteiger charge is 2.47. The lowest BCUT2D eigenvalue weighted by Gasteiger charge is -2.46. The summed E-state index contributed by atoms with van der Waals surface area (Å²) in [7, 11) is 1.75. The van der Waals surface area contributed by atoms with E-state index in [0.29, 0.717) is 17.6 Å². The van der Waals surface area contributed by atoms with Gasteiger partial charge in [-0.2, -0.15) is 0 Å². The molecular formula is C25H38O3. The fraction of sp³-hybridized carbons (Fsp3) is 0.680. The van der Waals surface area contributed by atoms with Gasteiger partial charge in [-0.25, -0.2) is 0 Å². The van der Waals surface area contributed by atoms with E-state index in [0.717, 1.165) is 30.6 Å². The zero-order chi connectivity index (χ0) is 20.5. The summed E-state index contributed by atoms with van der Waals surface area (Å²) in [5.74, 6) is 1.80. The number of ether oxygens (including phenoxy) is 2. The molecule has 1 heterocycles. The van der Waals surface area contributed by atoms with Crippen molar-refractivity contribution in [3.8, 4) is 11.5 Å². The molecule has 2 bridgehead atoms. The van der Waals surface area contributed by atoms with Crippen molar-refractivity contribution in [2.75, 3.05) is 7.11 Å². The lowest BCUT2D eigenvalue weighted by molar-refractivity contribution is -0.189. The Morgan fingerprint density at radius 2 is 2.04 bits per heavy atom. The van der Waals surface area contributed by atoms with Crippen molar-refractivity contribution in [1.82, 2.24) is 0 Å². The SMILES string of the molecule is CCCCCC(C)C(C)c1cc(O)c2c(c1)OC1(OC)CCC(=C(C)C)C2C1. The van der Waals surface area contributed by atoms with E-state index in [2.05, 4.69) is 40.7 Å². The molecule has 0 amide bonds. The van der Waals surface area contributed by atoms with Crippen LogP contribution in [0.2, 0.25) is 0 Å². The van der Waals surface area contributed by atoms with E-state index in [1.807, 2.05) is 6.07 Å². The molecule has 3 heteroatoms. The molecular weight excluding hydrogens is 348 g/mol. The van der Waals surface area contributed by atoms with Gasteiger partial charge in [0.15, 0.2) is 0 Å². The molecule has 4 atom stereocenters. The number of rotatable bonds is 7. The second kappa shape index (κ2) is 8.49. The number of hydrogen-bond acceptors (Lipinski definition) is 3. The second-order valence-electron chi connectivity index (χ2n) is 9.21. The third-order valence-corrected chi connectivity index (χ3v) is 7.15. The standard InChI is InChI=1S/C25H38O3/c1-7-8-9-10-17(4)18(5)19-13-22(26)24-21-15-25(27-6,28-23(24)14-19)12-11-20(21)16(2)3/h13-14,17-18,21,26H,7-12,15H2,1-6H3. The average Bonchev–Trinajstić information content (AvgIpc) is 2.66. The first-order chi connectivity index (χ1) is 13.3. The van der Waals surface area contributed by atoms with Crippen molar-refractivity contribution in [3.05, 3.63) is 34.4 Å². The molecule has 0 saturated heterocycles. The van der Waals surface area contributed by atoms with Crippen molar-refractivity contribution in [1.29, 1.82) is 0 Å². The highest BCUT2D eigenvalue weighted by Crippen LogP contribution is 2.55. The molecule has 3 rings (SSSR count). The number of benzene rings is 1. The minimum absolute atomic E-state index is 0.189. The number of fused-ring (bicyclic) bond motifs is 4. The highest BCUT2D eigenvalue weighted by molar-refractivity contribution is 5.55. The summed E-state index contributed by atoms with van der Waals surface area (Å²) in [5, 5.41) is 11.0. The predicted molar refractivity (Wildman–Crippen MR) is 115 cm³/mol. The van der Waals surface area contributed by atoms with Gasteiger partial charge in [0.2, 0.25) is 5.79 Å². The summed E-state index contributed by atoms with van der Waals surface area (Å²) in [5.41, 5.74) is 4.91. The number of allylic oxidation sites excluding steroid dienone is 2. The van der Waals surface area contributed by atoms with Crippen molar-refractivity contribution in [2.45, 2.75) is 97.2 Å². The zero-order valence-electron chi connectivity index (χ0n) is 18.6. The van der Waals surface area contributed by atoms with Crippen molar-refractivity contribution in [3.63, 3.8) is 0 Å². The molecule has 1 aliphatic heterocycles. The Labute approximate surface area is 171 Å². The molecule has 1 fully saturated rings. The van der Waals surface area contributed by atoms with E-state index < -0.39 is 5.79 Å². The van der Waals surface area contributed by atoms with Gasteiger partial charge in [-0.3, -0.25) is 0 Å². The number of hydrogen-bond donors (Lipinski definition) is 1. The van der Waals surface area contributed by atoms with Gasteiger partial charge >= 0.3 is 0 Å². The maximum atomic E-state index is 11.0. The van der Waals surface area contributed by atoms with E-state index in [1.165, 1.54) is 42.4 Å². The highest BCUT2D eigenvalue weighted by atomic mass is 16.7. The second-order valence-corrected chi connectivity index (χ2v) is 9.21. The molecule has 4 unspecified atom stereocenters. The first-order valence-corrected chi connectivity index (χ1v) is 11.1. The maximum Gasteiger partial charge on any atom is 0.211 e. The molecule has 1 saturated carbocycles. The third-order valence-electron chi connectivity index (χ3n) is 7.15. The van der Waals surface area contributed by atoms with Crippen molar-refractivity contribution < 1.29 is 14.6 Å². The Morgan fingerprint density at radius 3 is 2.68 bits per heavy atom. The maximum absolute atomic E-state index is 11.0. The number of methoxy groups -OCH3 is 1. The molecule has 2 aliphatic rings. The van der Waals surface area contributed by atoms with E-state index in [1.54, 1.807) is 7.11 Å². The van der Waals surface area contributed by atoms with Crippen LogP contribution in [0.15, 0.2) is 23.3 Å². The normalized spacial score (nSPS) is 25.6. The van der Waals surface area contributed by atoms with Gasteiger partial charge in [0, 0.05) is 31.4 Å². The lowest BCUT2D eigenvalue weighted by Crippen LogP contribution is -2.46. The number of unbranched alkanes of at least 4 members (excludes halogenated alkanes) is 2. The Kier molecular flexibility index (Phi) is 6.44. The van der Waals surface area contributed by atoms with Gasteiger partial charge in [0.05, 0.1) is 0 Å². The molecule has 1 aromatic rings. The van der Waals surface area contributed by atoms with Gasteiger partial charge in [-0.15, -0.1) is 0 Å². The quantitative estimate of drug-likeness (QED) is 0.403. The largest absolute Gasteiger partial charge is 0.507 e. The van der Waals surface area contributed by atoms with Crippen LogP contribution in [0, 0.1) is 5.92 Å². The molecule has 1 N–H and O–H groups in total. The van der Waals surface area contributed by atoms with Gasteiger partial charge in [-0.05, 0) is 49.8 Å². The van der Waals surface area contributed by atoms with E-state index in [9.17, 15) is 5.11 Å². The molecule has 3 nitrogen and oxygen atoms in total. The van der Waals surface area contributed by atoms with Gasteiger partial charge in [0.1, 0.15) is 11.5 Å². The Bertz CT molecular complexity index is 732. The van der Waals surface area contributed by atoms with Crippen LogP contribution in [-0.2, 0) is 4.74 Å². The van der Waals surface area contributed by atoms with E-state index >= 15 is 0 Å². The molecule has 28 heavy (non-hydrogen) atoms. The van der Waals surface area contributed by atoms with Crippen molar-refractivity contribution in [2.24, 2.45) is 5.92 Å². The zero-order valence-corrected chi connectivity index (χ0v) is 18.6. The van der Waals surface area contributed by atoms with Crippen LogP contribution in [0.1, 0.15) is 103 Å². The minimum Gasteiger partial charge on any atom is -0.507 e. The molecule has 0 spiro atoms. The Hall–Kier alpha value is -1.48. The van der Waals surface area contributed by atoms with E-state index in [4.69, 9.17) is 9.47 Å². The average molecular weight is 387 g/mol. The summed E-state index contributed by atoms with van der Waals surface area (Å²) in [6.07, 6.45) is 7.66. The Morgan fingerprint density at radius 1 is 1.29 bits per heavy atom. The van der Waals surface area contributed by atoms with Crippen LogP contribution < -0.4 is 4.74 Å². The monoisotopic (exact) mass is 386 g/mol. The van der Waals surface area contributed by atoms with Crippen LogP contribution in [0.3, 0.4) is 0 Å². The van der Waals surface area contributed by atoms with Gasteiger partial charge in [0.25, 0.3) is 0 Å². The summed E-state index contributed by atoms with van der Waals surface area (Å²) in [6.45, 7) is 11.2. The molecule has 156 valence electrons. The van der Waals surface area contributed by atoms with Crippen LogP contribution in [0.4, 0.5) is 0 Å². The van der Waals surface area contributed by atoms with Crippen LogP contribution >= 0.6 is 0 Å². The fourth-order valence-electron chi connectivity index (χ4n) is 5.06. The smallest absolute Gasteiger partial charge is 0.211 e. The molecule has 1 aliphatic carbocycles. The molecule has 1 aromatic carbocycles. The van der Waals surface area contributed by atoms with Crippen LogP contribution in [0.5, 0.6) is 11.5 Å².